The van der Waals surface area contributed by atoms with Crippen molar-refractivity contribution in [1.29, 1.82) is 0 Å². The van der Waals surface area contributed by atoms with Crippen molar-refractivity contribution in [2.75, 3.05) is 25.6 Å². The van der Waals surface area contributed by atoms with Crippen molar-refractivity contribution >= 4 is 28.2 Å². The predicted octanol–water partition coefficient (Wildman–Crippen LogP) is 5.23. The molecule has 0 aliphatic carbocycles. The zero-order chi connectivity index (χ0) is 22.4. The van der Waals surface area contributed by atoms with E-state index in [1.807, 2.05) is 37.4 Å². The molecule has 0 spiro atoms. The van der Waals surface area contributed by atoms with Gasteiger partial charge in [-0.25, -0.2) is 4.79 Å². The molecule has 0 saturated carbocycles. The van der Waals surface area contributed by atoms with Gasteiger partial charge in [-0.2, -0.15) is 0 Å². The number of rotatable bonds is 8. The van der Waals surface area contributed by atoms with Crippen molar-refractivity contribution < 1.29 is 23.8 Å². The molecule has 0 radical (unpaired) electrons. The molecule has 1 N–H and O–H groups in total. The lowest BCUT2D eigenvalue weighted by Crippen LogP contribution is -2.21. The Bertz CT molecular complexity index is 1090. The van der Waals surface area contributed by atoms with Crippen LogP contribution in [0.25, 0.3) is 11.1 Å². The number of aryl methyl sites for hydroxylation is 2. The van der Waals surface area contributed by atoms with E-state index in [0.29, 0.717) is 22.1 Å². The summed E-state index contributed by atoms with van der Waals surface area (Å²) in [5.41, 5.74) is 4.27. The molecule has 6 nitrogen and oxygen atoms in total. The van der Waals surface area contributed by atoms with E-state index in [0.717, 1.165) is 16.7 Å². The van der Waals surface area contributed by atoms with E-state index in [1.165, 1.54) is 16.9 Å². The first kappa shape index (κ1) is 22.4. The molecule has 1 amide bonds. The van der Waals surface area contributed by atoms with Crippen LogP contribution in [0, 0.1) is 13.8 Å². The van der Waals surface area contributed by atoms with Gasteiger partial charge in [0.25, 0.3) is 5.91 Å². The van der Waals surface area contributed by atoms with Crippen molar-refractivity contribution in [3.05, 3.63) is 64.5 Å². The lowest BCUT2D eigenvalue weighted by atomic mass is 9.99. The first-order chi connectivity index (χ1) is 14.9. The molecule has 7 heteroatoms. The third-order valence-corrected chi connectivity index (χ3v) is 5.65. The average Bonchev–Trinajstić information content (AvgIpc) is 3.18. The van der Waals surface area contributed by atoms with Crippen LogP contribution >= 0.6 is 11.3 Å². The number of ether oxygens (including phenoxy) is 3. The summed E-state index contributed by atoms with van der Waals surface area (Å²) in [4.78, 5) is 25.2. The lowest BCUT2D eigenvalue weighted by molar-refractivity contribution is -0.118. The highest BCUT2D eigenvalue weighted by Crippen LogP contribution is 2.37. The molecule has 31 heavy (non-hydrogen) atoms. The summed E-state index contributed by atoms with van der Waals surface area (Å²) < 4.78 is 16.0. The largest absolute Gasteiger partial charge is 0.497 e. The van der Waals surface area contributed by atoms with Crippen LogP contribution in [0.2, 0.25) is 0 Å². The third-order valence-electron chi connectivity index (χ3n) is 4.75. The SMILES string of the molecule is CCOC(=O)c1c(-c2ccc(C)c(C)c2)csc1NC(=O)COc1cccc(OC)c1. The first-order valence-corrected chi connectivity index (χ1v) is 10.7. The van der Waals surface area contributed by atoms with Crippen molar-refractivity contribution in [2.45, 2.75) is 20.8 Å². The summed E-state index contributed by atoms with van der Waals surface area (Å²) in [7, 11) is 1.56. The van der Waals surface area contributed by atoms with Crippen LogP contribution < -0.4 is 14.8 Å². The van der Waals surface area contributed by atoms with Crippen LogP contribution in [0.15, 0.2) is 47.8 Å². The predicted molar refractivity (Wildman–Crippen MR) is 122 cm³/mol. The van der Waals surface area contributed by atoms with Gasteiger partial charge in [0.2, 0.25) is 0 Å². The van der Waals surface area contributed by atoms with E-state index in [2.05, 4.69) is 5.32 Å². The Morgan fingerprint density at radius 2 is 1.81 bits per heavy atom. The molecular formula is C24H25NO5S. The number of benzene rings is 2. The second-order valence-corrected chi connectivity index (χ2v) is 7.77. The Morgan fingerprint density at radius 3 is 2.52 bits per heavy atom. The molecule has 0 aliphatic heterocycles. The molecule has 0 bridgehead atoms. The van der Waals surface area contributed by atoms with Gasteiger partial charge in [0, 0.05) is 17.0 Å². The van der Waals surface area contributed by atoms with Crippen molar-refractivity contribution in [3.8, 4) is 22.6 Å². The van der Waals surface area contributed by atoms with Gasteiger partial charge in [0.1, 0.15) is 22.1 Å². The number of carbonyl (C=O) groups excluding carboxylic acids is 2. The lowest BCUT2D eigenvalue weighted by Gasteiger charge is -2.11. The maximum absolute atomic E-state index is 12.7. The molecule has 2 aromatic carbocycles. The number of hydrogen-bond donors (Lipinski definition) is 1. The van der Waals surface area contributed by atoms with E-state index >= 15 is 0 Å². The number of carbonyl (C=O) groups is 2. The smallest absolute Gasteiger partial charge is 0.341 e. The number of anilines is 1. The minimum absolute atomic E-state index is 0.202. The molecule has 1 heterocycles. The van der Waals surface area contributed by atoms with E-state index in [-0.39, 0.29) is 19.1 Å². The van der Waals surface area contributed by atoms with Crippen LogP contribution in [-0.4, -0.2) is 32.2 Å². The minimum Gasteiger partial charge on any atom is -0.497 e. The Morgan fingerprint density at radius 1 is 1.03 bits per heavy atom. The summed E-state index contributed by atoms with van der Waals surface area (Å²) >= 11 is 1.28. The van der Waals surface area contributed by atoms with Gasteiger partial charge in [-0.3, -0.25) is 4.79 Å². The summed E-state index contributed by atoms with van der Waals surface area (Å²) in [6.45, 7) is 5.85. The monoisotopic (exact) mass is 439 g/mol. The standard InChI is InChI=1S/C24H25NO5S/c1-5-29-24(27)22-20(17-10-9-15(2)16(3)11-17)14-31-23(22)25-21(26)13-30-19-8-6-7-18(12-19)28-4/h6-12,14H,5,13H2,1-4H3,(H,25,26). The van der Waals surface area contributed by atoms with Crippen molar-refractivity contribution in [3.63, 3.8) is 0 Å². The highest BCUT2D eigenvalue weighted by Gasteiger charge is 2.23. The molecule has 0 fully saturated rings. The average molecular weight is 440 g/mol. The number of esters is 1. The second kappa shape index (κ2) is 10.1. The van der Waals surface area contributed by atoms with Gasteiger partial charge in [-0.1, -0.05) is 24.3 Å². The number of nitrogens with one attached hydrogen (secondary N) is 1. The number of thiophene rings is 1. The Balaban J connectivity index is 1.81. The Hall–Kier alpha value is -3.32. The molecular weight excluding hydrogens is 414 g/mol. The Kier molecular flexibility index (Phi) is 7.31. The quantitative estimate of drug-likeness (QED) is 0.486. The van der Waals surface area contributed by atoms with Crippen LogP contribution in [0.5, 0.6) is 11.5 Å². The molecule has 1 aromatic heterocycles. The molecule has 162 valence electrons. The van der Waals surface area contributed by atoms with Gasteiger partial charge >= 0.3 is 5.97 Å². The van der Waals surface area contributed by atoms with E-state index in [9.17, 15) is 9.59 Å². The van der Waals surface area contributed by atoms with E-state index in [1.54, 1.807) is 38.3 Å². The fourth-order valence-electron chi connectivity index (χ4n) is 2.98. The zero-order valence-corrected chi connectivity index (χ0v) is 18.8. The summed E-state index contributed by atoms with van der Waals surface area (Å²) in [6.07, 6.45) is 0. The topological polar surface area (TPSA) is 73.9 Å². The third kappa shape index (κ3) is 5.44. The normalized spacial score (nSPS) is 10.5. The van der Waals surface area contributed by atoms with Crippen LogP contribution in [-0.2, 0) is 9.53 Å². The molecule has 0 aliphatic rings. The van der Waals surface area contributed by atoms with Crippen LogP contribution in [0.3, 0.4) is 0 Å². The zero-order valence-electron chi connectivity index (χ0n) is 18.0. The molecule has 0 atom stereocenters. The van der Waals surface area contributed by atoms with Crippen LogP contribution in [0.4, 0.5) is 5.00 Å². The molecule has 3 aromatic rings. The highest BCUT2D eigenvalue weighted by molar-refractivity contribution is 7.15. The van der Waals surface area contributed by atoms with Gasteiger partial charge < -0.3 is 19.5 Å². The maximum atomic E-state index is 12.7. The van der Waals surface area contributed by atoms with Crippen molar-refractivity contribution in [2.24, 2.45) is 0 Å². The number of hydrogen-bond acceptors (Lipinski definition) is 6. The minimum atomic E-state index is -0.471. The fraction of sp³-hybridized carbons (Fsp3) is 0.250. The second-order valence-electron chi connectivity index (χ2n) is 6.89. The van der Waals surface area contributed by atoms with Crippen molar-refractivity contribution in [1.82, 2.24) is 0 Å². The first-order valence-electron chi connectivity index (χ1n) is 9.85. The Labute approximate surface area is 185 Å². The number of methoxy groups -OCH3 is 1. The molecule has 0 unspecified atom stereocenters. The van der Waals surface area contributed by atoms with E-state index in [4.69, 9.17) is 14.2 Å². The number of amides is 1. The van der Waals surface area contributed by atoms with Gasteiger partial charge in [-0.05, 0) is 49.6 Å². The van der Waals surface area contributed by atoms with E-state index < -0.39 is 5.97 Å². The summed E-state index contributed by atoms with van der Waals surface area (Å²) in [5, 5.41) is 5.08. The fourth-order valence-corrected chi connectivity index (χ4v) is 3.95. The van der Waals surface area contributed by atoms with Gasteiger partial charge in [0.05, 0.1) is 13.7 Å². The van der Waals surface area contributed by atoms with Gasteiger partial charge in [0.15, 0.2) is 6.61 Å². The van der Waals surface area contributed by atoms with Gasteiger partial charge in [-0.15, -0.1) is 11.3 Å². The summed E-state index contributed by atoms with van der Waals surface area (Å²) in [6, 6.07) is 13.0. The summed E-state index contributed by atoms with van der Waals surface area (Å²) in [5.74, 6) is 0.309. The highest BCUT2D eigenvalue weighted by atomic mass is 32.1. The van der Waals surface area contributed by atoms with Crippen LogP contribution in [0.1, 0.15) is 28.4 Å². The molecule has 0 saturated heterocycles. The maximum Gasteiger partial charge on any atom is 0.341 e. The molecule has 3 rings (SSSR count).